The van der Waals surface area contributed by atoms with Crippen LogP contribution in [-0.4, -0.2) is 17.4 Å². The topological polar surface area (TPSA) is 54.0 Å². The van der Waals surface area contributed by atoms with Gasteiger partial charge in [-0.3, -0.25) is 9.78 Å². The van der Waals surface area contributed by atoms with E-state index in [9.17, 15) is 4.79 Å². The normalized spacial score (nSPS) is 10.4. The zero-order valence-electron chi connectivity index (χ0n) is 10.9. The number of nitrogens with one attached hydrogen (secondary N) is 2. The summed E-state index contributed by atoms with van der Waals surface area (Å²) in [5, 5.41) is 8.81. The lowest BCUT2D eigenvalue weighted by atomic mass is 10.3. The van der Waals surface area contributed by atoms with E-state index < -0.39 is 0 Å². The van der Waals surface area contributed by atoms with Gasteiger partial charge in [0.25, 0.3) is 0 Å². The van der Waals surface area contributed by atoms with Crippen LogP contribution in [0, 0.1) is 0 Å². The molecule has 0 saturated heterocycles. The maximum Gasteiger partial charge on any atom is 0.221 e. The molecule has 106 valence electrons. The van der Waals surface area contributed by atoms with Gasteiger partial charge < -0.3 is 10.6 Å². The number of carbonyl (C=O) groups excluding carboxylic acids is 1. The Hall–Kier alpha value is -1.43. The third-order valence-corrected chi connectivity index (χ3v) is 4.11. The Bertz CT molecular complexity index is 544. The number of halogens is 1. The van der Waals surface area contributed by atoms with E-state index in [1.165, 1.54) is 0 Å². The quantitative estimate of drug-likeness (QED) is 0.773. The Morgan fingerprint density at radius 2 is 2.25 bits per heavy atom. The molecule has 20 heavy (non-hydrogen) atoms. The highest BCUT2D eigenvalue weighted by molar-refractivity contribution is 7.10. The van der Waals surface area contributed by atoms with Crippen LogP contribution in [0.4, 0.5) is 0 Å². The van der Waals surface area contributed by atoms with Crippen molar-refractivity contribution in [3.8, 4) is 0 Å². The second-order valence-electron chi connectivity index (χ2n) is 4.26. The Kier molecular flexibility index (Phi) is 5.98. The van der Waals surface area contributed by atoms with Crippen LogP contribution in [0.15, 0.2) is 36.0 Å². The summed E-state index contributed by atoms with van der Waals surface area (Å²) >= 11 is 7.60. The van der Waals surface area contributed by atoms with Crippen LogP contribution in [-0.2, 0) is 17.9 Å². The zero-order chi connectivity index (χ0) is 14.2. The number of aromatic nitrogens is 1. The average molecular weight is 310 g/mol. The summed E-state index contributed by atoms with van der Waals surface area (Å²) in [4.78, 5) is 16.7. The fourth-order valence-electron chi connectivity index (χ4n) is 1.65. The van der Waals surface area contributed by atoms with Crippen molar-refractivity contribution in [1.29, 1.82) is 0 Å². The Balaban J connectivity index is 1.60. The van der Waals surface area contributed by atoms with Crippen LogP contribution in [0.25, 0.3) is 0 Å². The minimum absolute atomic E-state index is 0.0265. The molecule has 6 heteroatoms. The second kappa shape index (κ2) is 7.99. The summed E-state index contributed by atoms with van der Waals surface area (Å²) in [6.07, 6.45) is 3.91. The lowest BCUT2D eigenvalue weighted by Crippen LogP contribution is -2.27. The van der Waals surface area contributed by atoms with Gasteiger partial charge in [0, 0.05) is 43.3 Å². The van der Waals surface area contributed by atoms with E-state index in [1.807, 2.05) is 23.6 Å². The number of hydrogen-bond acceptors (Lipinski definition) is 4. The molecule has 1 amide bonds. The monoisotopic (exact) mass is 309 g/mol. The molecule has 2 aromatic rings. The molecule has 0 bridgehead atoms. The first kappa shape index (κ1) is 15.0. The molecular formula is C14H16ClN3OS. The summed E-state index contributed by atoms with van der Waals surface area (Å²) in [5.41, 5.74) is 0.999. The molecule has 2 heterocycles. The second-order valence-corrected chi connectivity index (χ2v) is 5.66. The number of amides is 1. The van der Waals surface area contributed by atoms with Crippen molar-refractivity contribution in [3.63, 3.8) is 0 Å². The fourth-order valence-corrected chi connectivity index (χ4v) is 2.72. The summed E-state index contributed by atoms with van der Waals surface area (Å²) in [7, 11) is 0. The molecule has 0 atom stereocenters. The van der Waals surface area contributed by atoms with E-state index in [2.05, 4.69) is 15.6 Å². The molecule has 0 unspecified atom stereocenters. The minimum Gasteiger partial charge on any atom is -0.352 e. The molecule has 0 spiro atoms. The van der Waals surface area contributed by atoms with E-state index in [-0.39, 0.29) is 5.91 Å². The van der Waals surface area contributed by atoms with Crippen LogP contribution >= 0.6 is 22.9 Å². The average Bonchev–Trinajstić information content (AvgIpc) is 2.88. The number of hydrogen-bond donors (Lipinski definition) is 2. The van der Waals surface area contributed by atoms with Gasteiger partial charge in [0.1, 0.15) is 0 Å². The molecule has 0 fully saturated rings. The lowest BCUT2D eigenvalue weighted by molar-refractivity contribution is -0.121. The van der Waals surface area contributed by atoms with Crippen LogP contribution < -0.4 is 10.6 Å². The number of pyridine rings is 1. The molecule has 0 saturated carbocycles. The van der Waals surface area contributed by atoms with Crippen molar-refractivity contribution >= 4 is 28.8 Å². The van der Waals surface area contributed by atoms with Crippen molar-refractivity contribution in [3.05, 3.63) is 51.4 Å². The Morgan fingerprint density at radius 1 is 1.35 bits per heavy atom. The van der Waals surface area contributed by atoms with Gasteiger partial charge in [-0.05, 0) is 23.1 Å². The van der Waals surface area contributed by atoms with Crippen LogP contribution in [0.5, 0.6) is 0 Å². The molecule has 0 radical (unpaired) electrons. The molecule has 0 aliphatic rings. The maximum absolute atomic E-state index is 11.6. The minimum atomic E-state index is 0.0265. The van der Waals surface area contributed by atoms with Gasteiger partial charge in [0.2, 0.25) is 5.91 Å². The Labute approximate surface area is 127 Å². The van der Waals surface area contributed by atoms with Gasteiger partial charge in [-0.25, -0.2) is 0 Å². The predicted octanol–water partition coefficient (Wildman–Crippen LogP) is 2.59. The predicted molar refractivity (Wildman–Crippen MR) is 81.7 cm³/mol. The molecule has 4 nitrogen and oxygen atoms in total. The lowest BCUT2D eigenvalue weighted by Gasteiger charge is -2.06. The summed E-state index contributed by atoms with van der Waals surface area (Å²) in [6, 6.07) is 5.67. The highest BCUT2D eigenvalue weighted by Gasteiger charge is 2.03. The molecule has 2 aromatic heterocycles. The highest BCUT2D eigenvalue weighted by Crippen LogP contribution is 2.21. The Morgan fingerprint density at radius 3 is 2.95 bits per heavy atom. The van der Waals surface area contributed by atoms with Crippen LogP contribution in [0.3, 0.4) is 0 Å². The highest BCUT2D eigenvalue weighted by atomic mass is 35.5. The van der Waals surface area contributed by atoms with Crippen molar-refractivity contribution in [1.82, 2.24) is 15.6 Å². The van der Waals surface area contributed by atoms with Crippen LogP contribution in [0.1, 0.15) is 16.9 Å². The number of rotatable bonds is 7. The number of carbonyl (C=O) groups is 1. The maximum atomic E-state index is 11.6. The van der Waals surface area contributed by atoms with Crippen molar-refractivity contribution < 1.29 is 4.79 Å². The molecule has 0 aliphatic heterocycles. The van der Waals surface area contributed by atoms with Crippen molar-refractivity contribution in [2.45, 2.75) is 19.5 Å². The SMILES string of the molecule is O=C(CCNCc1sccc1Cl)NCc1cccnc1. The fraction of sp³-hybridized carbons (Fsp3) is 0.286. The van der Waals surface area contributed by atoms with Gasteiger partial charge in [0.05, 0.1) is 5.02 Å². The number of thiophene rings is 1. The number of nitrogens with zero attached hydrogens (tertiary/aromatic N) is 1. The first-order chi connectivity index (χ1) is 9.75. The largest absolute Gasteiger partial charge is 0.352 e. The molecular weight excluding hydrogens is 294 g/mol. The standard InChI is InChI=1S/C14H16ClN3OS/c15-12-4-7-20-13(12)10-17-6-3-14(19)18-9-11-2-1-5-16-8-11/h1-2,4-5,7-8,17H,3,6,9-10H2,(H,18,19). The zero-order valence-corrected chi connectivity index (χ0v) is 12.5. The summed E-state index contributed by atoms with van der Waals surface area (Å²) < 4.78 is 0. The van der Waals surface area contributed by atoms with Gasteiger partial charge in [-0.1, -0.05) is 17.7 Å². The third-order valence-electron chi connectivity index (χ3n) is 2.72. The van der Waals surface area contributed by atoms with Gasteiger partial charge in [-0.2, -0.15) is 0 Å². The molecule has 0 aliphatic carbocycles. The van der Waals surface area contributed by atoms with E-state index >= 15 is 0 Å². The van der Waals surface area contributed by atoms with Crippen molar-refractivity contribution in [2.24, 2.45) is 0 Å². The van der Waals surface area contributed by atoms with E-state index in [0.29, 0.717) is 26.1 Å². The first-order valence-corrected chi connectivity index (χ1v) is 7.59. The van der Waals surface area contributed by atoms with Crippen LogP contribution in [0.2, 0.25) is 5.02 Å². The molecule has 0 aromatic carbocycles. The first-order valence-electron chi connectivity index (χ1n) is 6.34. The van der Waals surface area contributed by atoms with E-state index in [4.69, 9.17) is 11.6 Å². The van der Waals surface area contributed by atoms with Gasteiger partial charge >= 0.3 is 0 Å². The van der Waals surface area contributed by atoms with Gasteiger partial charge in [0.15, 0.2) is 0 Å². The third kappa shape index (κ3) is 4.92. The van der Waals surface area contributed by atoms with Gasteiger partial charge in [-0.15, -0.1) is 11.3 Å². The van der Waals surface area contributed by atoms with E-state index in [0.717, 1.165) is 15.5 Å². The van der Waals surface area contributed by atoms with E-state index in [1.54, 1.807) is 23.7 Å². The van der Waals surface area contributed by atoms with Crippen molar-refractivity contribution in [2.75, 3.05) is 6.54 Å². The molecule has 2 N–H and O–H groups in total. The molecule has 2 rings (SSSR count). The summed E-state index contributed by atoms with van der Waals surface area (Å²) in [6.45, 7) is 1.85. The smallest absolute Gasteiger partial charge is 0.221 e. The summed E-state index contributed by atoms with van der Waals surface area (Å²) in [5.74, 6) is 0.0265.